The summed E-state index contributed by atoms with van der Waals surface area (Å²) < 4.78 is 10.1. The van der Waals surface area contributed by atoms with E-state index in [1.54, 1.807) is 31.4 Å². The summed E-state index contributed by atoms with van der Waals surface area (Å²) in [5.74, 6) is 0.287. The molecule has 0 aliphatic rings. The Morgan fingerprint density at radius 3 is 2.60 bits per heavy atom. The third kappa shape index (κ3) is 6.05. The van der Waals surface area contributed by atoms with Crippen molar-refractivity contribution < 1.29 is 18.8 Å². The predicted molar refractivity (Wildman–Crippen MR) is 111 cm³/mol. The minimum Gasteiger partial charge on any atom is -0.497 e. The zero-order valence-corrected chi connectivity index (χ0v) is 17.1. The standard InChI is InChI=1S/C21H21ClN4O4/c1-29-17-8-5-14(6-9-17)7-10-18(27)23-11-12-24-20(28)21-25-19(26-30-21)15-3-2-4-16(22)13-15/h2-6,8-9,13H,7,10-12H2,1H3,(H,23,27)(H,24,28). The number of amides is 2. The van der Waals surface area contributed by atoms with Gasteiger partial charge in [-0.25, -0.2) is 0 Å². The highest BCUT2D eigenvalue weighted by atomic mass is 35.5. The van der Waals surface area contributed by atoms with E-state index in [-0.39, 0.29) is 24.2 Å². The van der Waals surface area contributed by atoms with E-state index in [4.69, 9.17) is 20.9 Å². The second kappa shape index (κ2) is 10.4. The fourth-order valence-electron chi connectivity index (χ4n) is 2.65. The lowest BCUT2D eigenvalue weighted by molar-refractivity contribution is -0.121. The highest BCUT2D eigenvalue weighted by Gasteiger charge is 2.16. The Morgan fingerprint density at radius 2 is 1.87 bits per heavy atom. The molecule has 1 heterocycles. The van der Waals surface area contributed by atoms with Crippen LogP contribution in [0.25, 0.3) is 11.4 Å². The molecule has 0 unspecified atom stereocenters. The molecule has 3 rings (SSSR count). The molecule has 0 spiro atoms. The van der Waals surface area contributed by atoms with Gasteiger partial charge in [0.25, 0.3) is 0 Å². The van der Waals surface area contributed by atoms with Gasteiger partial charge < -0.3 is 19.9 Å². The van der Waals surface area contributed by atoms with Crippen molar-refractivity contribution >= 4 is 23.4 Å². The van der Waals surface area contributed by atoms with Crippen LogP contribution in [0.3, 0.4) is 0 Å². The summed E-state index contributed by atoms with van der Waals surface area (Å²) in [6, 6.07) is 14.5. The largest absolute Gasteiger partial charge is 0.497 e. The fraction of sp³-hybridized carbons (Fsp3) is 0.238. The van der Waals surface area contributed by atoms with Gasteiger partial charge in [0.1, 0.15) is 5.75 Å². The van der Waals surface area contributed by atoms with Gasteiger partial charge in [-0.3, -0.25) is 9.59 Å². The van der Waals surface area contributed by atoms with Crippen molar-refractivity contribution in [2.75, 3.05) is 20.2 Å². The number of hydrogen-bond acceptors (Lipinski definition) is 6. The van der Waals surface area contributed by atoms with Crippen LogP contribution >= 0.6 is 11.6 Å². The third-order valence-electron chi connectivity index (χ3n) is 4.24. The fourth-order valence-corrected chi connectivity index (χ4v) is 2.84. The quantitative estimate of drug-likeness (QED) is 0.507. The Bertz CT molecular complexity index is 1000. The summed E-state index contributed by atoms with van der Waals surface area (Å²) in [4.78, 5) is 28.1. The molecule has 0 saturated carbocycles. The van der Waals surface area contributed by atoms with Gasteiger partial charge >= 0.3 is 11.8 Å². The zero-order valence-electron chi connectivity index (χ0n) is 16.4. The maximum atomic E-state index is 12.1. The molecule has 0 aliphatic heterocycles. The second-order valence-electron chi connectivity index (χ2n) is 6.39. The van der Waals surface area contributed by atoms with E-state index < -0.39 is 5.91 Å². The molecule has 2 amide bonds. The van der Waals surface area contributed by atoms with Crippen LogP contribution < -0.4 is 15.4 Å². The van der Waals surface area contributed by atoms with E-state index in [1.807, 2.05) is 24.3 Å². The number of benzene rings is 2. The first kappa shape index (κ1) is 21.3. The highest BCUT2D eigenvalue weighted by Crippen LogP contribution is 2.19. The van der Waals surface area contributed by atoms with E-state index in [0.29, 0.717) is 30.0 Å². The monoisotopic (exact) mass is 428 g/mol. The number of nitrogens with zero attached hydrogens (tertiary/aromatic N) is 2. The van der Waals surface area contributed by atoms with Gasteiger partial charge in [-0.1, -0.05) is 41.0 Å². The van der Waals surface area contributed by atoms with E-state index in [2.05, 4.69) is 20.8 Å². The molecule has 0 radical (unpaired) electrons. The summed E-state index contributed by atoms with van der Waals surface area (Å²) in [6.07, 6.45) is 0.976. The maximum Gasteiger partial charge on any atom is 0.316 e. The Hall–Kier alpha value is -3.39. The van der Waals surface area contributed by atoms with Gasteiger partial charge in [-0.05, 0) is 36.2 Å². The molecule has 0 saturated heterocycles. The molecule has 1 aromatic heterocycles. The summed E-state index contributed by atoms with van der Waals surface area (Å²) in [5.41, 5.74) is 1.69. The number of carbonyl (C=O) groups excluding carboxylic acids is 2. The number of nitrogens with one attached hydrogen (secondary N) is 2. The van der Waals surface area contributed by atoms with Crippen molar-refractivity contribution in [1.29, 1.82) is 0 Å². The Balaban J connectivity index is 1.37. The number of rotatable bonds is 9. The average Bonchev–Trinajstić information content (AvgIpc) is 3.26. The zero-order chi connectivity index (χ0) is 21.3. The third-order valence-corrected chi connectivity index (χ3v) is 4.47. The number of halogens is 1. The van der Waals surface area contributed by atoms with E-state index >= 15 is 0 Å². The molecule has 2 aromatic carbocycles. The van der Waals surface area contributed by atoms with Crippen molar-refractivity contribution in [2.45, 2.75) is 12.8 Å². The Labute approximate surface area is 178 Å². The van der Waals surface area contributed by atoms with Crippen LogP contribution in [0.1, 0.15) is 22.7 Å². The van der Waals surface area contributed by atoms with Crippen LogP contribution in [-0.2, 0) is 11.2 Å². The Kier molecular flexibility index (Phi) is 7.40. The van der Waals surface area contributed by atoms with Gasteiger partial charge in [0.15, 0.2) is 0 Å². The molecule has 9 heteroatoms. The molecular weight excluding hydrogens is 408 g/mol. The number of carbonyl (C=O) groups is 2. The first-order chi connectivity index (χ1) is 14.5. The molecule has 0 fully saturated rings. The lowest BCUT2D eigenvalue weighted by atomic mass is 10.1. The van der Waals surface area contributed by atoms with Crippen LogP contribution in [0.4, 0.5) is 0 Å². The van der Waals surface area contributed by atoms with Crippen molar-refractivity contribution in [3.8, 4) is 17.1 Å². The first-order valence-corrected chi connectivity index (χ1v) is 9.70. The Morgan fingerprint density at radius 1 is 1.10 bits per heavy atom. The highest BCUT2D eigenvalue weighted by molar-refractivity contribution is 6.30. The van der Waals surface area contributed by atoms with E-state index in [0.717, 1.165) is 11.3 Å². The van der Waals surface area contributed by atoms with Crippen LogP contribution in [-0.4, -0.2) is 42.2 Å². The smallest absolute Gasteiger partial charge is 0.316 e. The minimum absolute atomic E-state index is 0.0962. The number of hydrogen-bond donors (Lipinski definition) is 2. The summed E-state index contributed by atoms with van der Waals surface area (Å²) in [7, 11) is 1.61. The van der Waals surface area contributed by atoms with E-state index in [9.17, 15) is 9.59 Å². The molecule has 0 aliphatic carbocycles. The molecule has 3 aromatic rings. The number of methoxy groups -OCH3 is 1. The molecule has 0 bridgehead atoms. The van der Waals surface area contributed by atoms with Crippen molar-refractivity contribution in [3.05, 3.63) is 65.0 Å². The SMILES string of the molecule is COc1ccc(CCC(=O)NCCNC(=O)c2nc(-c3cccc(Cl)c3)no2)cc1. The summed E-state index contributed by atoms with van der Waals surface area (Å²) in [5, 5.41) is 9.71. The van der Waals surface area contributed by atoms with Gasteiger partial charge in [0.05, 0.1) is 7.11 Å². The van der Waals surface area contributed by atoms with Crippen LogP contribution in [0, 0.1) is 0 Å². The lowest BCUT2D eigenvalue weighted by Crippen LogP contribution is -2.34. The second-order valence-corrected chi connectivity index (χ2v) is 6.82. The molecule has 8 nitrogen and oxygen atoms in total. The number of ether oxygens (including phenoxy) is 1. The van der Waals surface area contributed by atoms with Gasteiger partial charge in [0.2, 0.25) is 11.7 Å². The summed E-state index contributed by atoms with van der Waals surface area (Å²) in [6.45, 7) is 0.532. The normalized spacial score (nSPS) is 10.5. The molecular formula is C21H21ClN4O4. The topological polar surface area (TPSA) is 106 Å². The lowest BCUT2D eigenvalue weighted by Gasteiger charge is -2.06. The molecule has 2 N–H and O–H groups in total. The number of aromatic nitrogens is 2. The average molecular weight is 429 g/mol. The van der Waals surface area contributed by atoms with E-state index in [1.165, 1.54) is 0 Å². The minimum atomic E-state index is -0.511. The van der Waals surface area contributed by atoms with Crippen LogP contribution in [0.5, 0.6) is 5.75 Å². The maximum absolute atomic E-state index is 12.1. The predicted octanol–water partition coefficient (Wildman–Crippen LogP) is 2.88. The number of aryl methyl sites for hydroxylation is 1. The summed E-state index contributed by atoms with van der Waals surface area (Å²) >= 11 is 5.94. The molecule has 156 valence electrons. The first-order valence-electron chi connectivity index (χ1n) is 9.32. The van der Waals surface area contributed by atoms with Crippen molar-refractivity contribution in [1.82, 2.24) is 20.8 Å². The van der Waals surface area contributed by atoms with Crippen molar-refractivity contribution in [2.24, 2.45) is 0 Å². The van der Waals surface area contributed by atoms with Gasteiger partial charge in [0, 0.05) is 30.1 Å². The molecule has 0 atom stereocenters. The van der Waals surface area contributed by atoms with Crippen LogP contribution in [0.15, 0.2) is 53.1 Å². The molecule has 30 heavy (non-hydrogen) atoms. The van der Waals surface area contributed by atoms with Gasteiger partial charge in [-0.2, -0.15) is 4.98 Å². The van der Waals surface area contributed by atoms with Crippen molar-refractivity contribution in [3.63, 3.8) is 0 Å². The van der Waals surface area contributed by atoms with Gasteiger partial charge in [-0.15, -0.1) is 0 Å². The van der Waals surface area contributed by atoms with Crippen LogP contribution in [0.2, 0.25) is 5.02 Å².